The van der Waals surface area contributed by atoms with E-state index in [9.17, 15) is 0 Å². The Morgan fingerprint density at radius 3 is 2.79 bits per heavy atom. The summed E-state index contributed by atoms with van der Waals surface area (Å²) in [6.45, 7) is 8.48. The summed E-state index contributed by atoms with van der Waals surface area (Å²) in [6, 6.07) is 8.68. The highest BCUT2D eigenvalue weighted by atomic mass is 32.2. The Morgan fingerprint density at radius 1 is 1.32 bits per heavy atom. The van der Waals surface area contributed by atoms with Crippen LogP contribution in [0.25, 0.3) is 0 Å². The van der Waals surface area contributed by atoms with E-state index in [-0.39, 0.29) is 5.54 Å². The number of rotatable bonds is 5. The predicted octanol–water partition coefficient (Wildman–Crippen LogP) is 3.85. The summed E-state index contributed by atoms with van der Waals surface area (Å²) < 4.78 is 5.69. The van der Waals surface area contributed by atoms with Gasteiger partial charge in [0.25, 0.3) is 0 Å². The van der Waals surface area contributed by atoms with Crippen molar-refractivity contribution in [3.05, 3.63) is 29.8 Å². The summed E-state index contributed by atoms with van der Waals surface area (Å²) >= 11 is 1.93. The van der Waals surface area contributed by atoms with Crippen LogP contribution in [-0.2, 0) is 11.3 Å². The quantitative estimate of drug-likeness (QED) is 0.827. The van der Waals surface area contributed by atoms with E-state index < -0.39 is 0 Å². The fourth-order valence-corrected chi connectivity index (χ4v) is 3.24. The van der Waals surface area contributed by atoms with Gasteiger partial charge in [0.05, 0.1) is 6.10 Å². The van der Waals surface area contributed by atoms with E-state index in [0.717, 1.165) is 18.9 Å². The molecule has 1 N–H and O–H groups in total. The first-order valence-electron chi connectivity index (χ1n) is 7.12. The number of ether oxygens (including phenoxy) is 1. The maximum atomic E-state index is 5.69. The van der Waals surface area contributed by atoms with Gasteiger partial charge in [-0.3, -0.25) is 0 Å². The SMILES string of the molecule is CC(C)(C)NCc1ccccc1SCC1CCCO1. The van der Waals surface area contributed by atoms with Crippen LogP contribution in [0.15, 0.2) is 29.2 Å². The first-order chi connectivity index (χ1) is 9.04. The van der Waals surface area contributed by atoms with Gasteiger partial charge in [-0.25, -0.2) is 0 Å². The minimum Gasteiger partial charge on any atom is -0.377 e. The Balaban J connectivity index is 1.91. The van der Waals surface area contributed by atoms with Gasteiger partial charge in [0.2, 0.25) is 0 Å². The highest BCUT2D eigenvalue weighted by molar-refractivity contribution is 7.99. The summed E-state index contributed by atoms with van der Waals surface area (Å²) in [4.78, 5) is 1.38. The van der Waals surface area contributed by atoms with Gasteiger partial charge < -0.3 is 10.1 Å². The molecule has 0 bridgehead atoms. The lowest BCUT2D eigenvalue weighted by Gasteiger charge is -2.21. The second-order valence-corrected chi connectivity index (χ2v) is 7.22. The number of benzene rings is 1. The lowest BCUT2D eigenvalue weighted by molar-refractivity contribution is 0.129. The van der Waals surface area contributed by atoms with Gasteiger partial charge in [0.15, 0.2) is 0 Å². The van der Waals surface area contributed by atoms with Gasteiger partial charge in [-0.15, -0.1) is 11.8 Å². The van der Waals surface area contributed by atoms with Gasteiger partial charge in [-0.1, -0.05) is 18.2 Å². The average Bonchev–Trinajstić information content (AvgIpc) is 2.87. The second-order valence-electron chi connectivity index (χ2n) is 6.16. The lowest BCUT2D eigenvalue weighted by atomic mass is 10.1. The van der Waals surface area contributed by atoms with Crippen LogP contribution in [0.1, 0.15) is 39.2 Å². The van der Waals surface area contributed by atoms with Crippen molar-refractivity contribution < 1.29 is 4.74 Å². The molecule has 1 aromatic carbocycles. The monoisotopic (exact) mass is 279 g/mol. The van der Waals surface area contributed by atoms with Crippen molar-refractivity contribution in [3.8, 4) is 0 Å². The predicted molar refractivity (Wildman–Crippen MR) is 82.7 cm³/mol. The molecule has 1 aromatic rings. The standard InChI is InChI=1S/C16H25NOS/c1-16(2,3)17-11-13-7-4-5-9-15(13)19-12-14-8-6-10-18-14/h4-5,7,9,14,17H,6,8,10-12H2,1-3H3. The molecule has 1 heterocycles. The van der Waals surface area contributed by atoms with E-state index in [1.807, 2.05) is 11.8 Å². The van der Waals surface area contributed by atoms with Crippen LogP contribution in [0.5, 0.6) is 0 Å². The van der Waals surface area contributed by atoms with Crippen LogP contribution < -0.4 is 5.32 Å². The zero-order chi connectivity index (χ0) is 13.7. The summed E-state index contributed by atoms with van der Waals surface area (Å²) in [5, 5.41) is 3.56. The van der Waals surface area contributed by atoms with Gasteiger partial charge in [0, 0.05) is 29.3 Å². The zero-order valence-corrected chi connectivity index (χ0v) is 13.1. The van der Waals surface area contributed by atoms with Crippen molar-refractivity contribution in [3.63, 3.8) is 0 Å². The van der Waals surface area contributed by atoms with Gasteiger partial charge in [-0.2, -0.15) is 0 Å². The molecule has 1 saturated heterocycles. The van der Waals surface area contributed by atoms with Crippen molar-refractivity contribution in [2.45, 2.75) is 56.7 Å². The smallest absolute Gasteiger partial charge is 0.0669 e. The minimum atomic E-state index is 0.159. The molecule has 2 rings (SSSR count). The molecule has 2 nitrogen and oxygen atoms in total. The maximum Gasteiger partial charge on any atom is 0.0669 e. The van der Waals surface area contributed by atoms with Gasteiger partial charge in [-0.05, 0) is 45.2 Å². The molecule has 1 aliphatic rings. The molecular formula is C16H25NOS. The fraction of sp³-hybridized carbons (Fsp3) is 0.625. The molecule has 0 aromatic heterocycles. The molecule has 1 atom stereocenters. The number of thioether (sulfide) groups is 1. The third-order valence-electron chi connectivity index (χ3n) is 3.23. The molecule has 0 aliphatic carbocycles. The molecule has 0 spiro atoms. The van der Waals surface area contributed by atoms with E-state index in [2.05, 4.69) is 50.4 Å². The van der Waals surface area contributed by atoms with Crippen LogP contribution in [0.3, 0.4) is 0 Å². The third kappa shape index (κ3) is 5.17. The summed E-state index contributed by atoms with van der Waals surface area (Å²) in [7, 11) is 0. The van der Waals surface area contributed by atoms with Crippen molar-refractivity contribution in [2.24, 2.45) is 0 Å². The van der Waals surface area contributed by atoms with Crippen molar-refractivity contribution in [1.29, 1.82) is 0 Å². The van der Waals surface area contributed by atoms with Crippen molar-refractivity contribution in [2.75, 3.05) is 12.4 Å². The van der Waals surface area contributed by atoms with E-state index >= 15 is 0 Å². The molecule has 0 amide bonds. The van der Waals surface area contributed by atoms with E-state index in [0.29, 0.717) is 6.10 Å². The molecule has 19 heavy (non-hydrogen) atoms. The highest BCUT2D eigenvalue weighted by Crippen LogP contribution is 2.27. The molecule has 3 heteroatoms. The van der Waals surface area contributed by atoms with Crippen LogP contribution in [-0.4, -0.2) is 24.0 Å². The molecular weight excluding hydrogens is 254 g/mol. The van der Waals surface area contributed by atoms with Crippen molar-refractivity contribution in [1.82, 2.24) is 5.32 Å². The van der Waals surface area contributed by atoms with Crippen molar-refractivity contribution >= 4 is 11.8 Å². The van der Waals surface area contributed by atoms with Crippen LogP contribution in [0.4, 0.5) is 0 Å². The van der Waals surface area contributed by atoms with E-state index in [4.69, 9.17) is 4.74 Å². The molecule has 0 saturated carbocycles. The van der Waals surface area contributed by atoms with Crippen LogP contribution >= 0.6 is 11.8 Å². The highest BCUT2D eigenvalue weighted by Gasteiger charge is 2.16. The Kier molecular flexibility index (Phi) is 5.31. The topological polar surface area (TPSA) is 21.3 Å². The van der Waals surface area contributed by atoms with Gasteiger partial charge >= 0.3 is 0 Å². The molecule has 1 unspecified atom stereocenters. The Bertz CT molecular complexity index is 394. The first kappa shape index (κ1) is 14.9. The summed E-state index contributed by atoms with van der Waals surface area (Å²) in [5.74, 6) is 1.08. The Hall–Kier alpha value is -0.510. The lowest BCUT2D eigenvalue weighted by Crippen LogP contribution is -2.35. The molecule has 0 radical (unpaired) electrons. The first-order valence-corrected chi connectivity index (χ1v) is 8.10. The number of nitrogens with one attached hydrogen (secondary N) is 1. The third-order valence-corrected chi connectivity index (χ3v) is 4.48. The van der Waals surface area contributed by atoms with Crippen LogP contribution in [0, 0.1) is 0 Å². The second kappa shape index (κ2) is 6.78. The summed E-state index contributed by atoms with van der Waals surface area (Å²) in [6.07, 6.45) is 2.89. The fourth-order valence-electron chi connectivity index (χ4n) is 2.11. The number of hydrogen-bond acceptors (Lipinski definition) is 3. The minimum absolute atomic E-state index is 0.159. The average molecular weight is 279 g/mol. The normalized spacial score (nSPS) is 19.8. The summed E-state index contributed by atoms with van der Waals surface area (Å²) in [5.41, 5.74) is 1.55. The van der Waals surface area contributed by atoms with Crippen LogP contribution in [0.2, 0.25) is 0 Å². The van der Waals surface area contributed by atoms with E-state index in [1.165, 1.54) is 23.3 Å². The van der Waals surface area contributed by atoms with Gasteiger partial charge in [0.1, 0.15) is 0 Å². The largest absolute Gasteiger partial charge is 0.377 e. The zero-order valence-electron chi connectivity index (χ0n) is 12.2. The Morgan fingerprint density at radius 2 is 2.11 bits per heavy atom. The molecule has 1 aliphatic heterocycles. The molecule has 106 valence electrons. The Labute approximate surface area is 121 Å². The van der Waals surface area contributed by atoms with E-state index in [1.54, 1.807) is 0 Å². The molecule has 1 fully saturated rings. The number of hydrogen-bond donors (Lipinski definition) is 1. The maximum absolute atomic E-state index is 5.69.